The normalized spacial score (nSPS) is 11.4. The first-order chi connectivity index (χ1) is 17.6. The van der Waals surface area contributed by atoms with Crippen molar-refractivity contribution in [2.45, 2.75) is 20.8 Å². The van der Waals surface area contributed by atoms with Gasteiger partial charge >= 0.3 is 0 Å². The molecule has 0 aliphatic heterocycles. The minimum Gasteiger partial charge on any atom is -0.0854 e. The molecule has 0 saturated carbocycles. The molecule has 0 aliphatic rings. The van der Waals surface area contributed by atoms with E-state index in [0.29, 0.717) is 0 Å². The molecule has 0 aromatic heterocycles. The summed E-state index contributed by atoms with van der Waals surface area (Å²) in [6.07, 6.45) is 0. The van der Waals surface area contributed by atoms with Crippen LogP contribution in [-0.4, -0.2) is 16.9 Å². The number of rotatable bonds is 7. The Labute approximate surface area is 220 Å². The van der Waals surface area contributed by atoms with Gasteiger partial charge in [0.15, 0.2) is 0 Å². The van der Waals surface area contributed by atoms with Crippen LogP contribution in [0.15, 0.2) is 133 Å². The Balaban J connectivity index is 1.86. The van der Waals surface area contributed by atoms with Gasteiger partial charge in [-0.15, -0.1) is 0 Å². The maximum Gasteiger partial charge on any atom is 0.129 e. The van der Waals surface area contributed by atoms with E-state index in [-0.39, 0.29) is 0 Å². The van der Waals surface area contributed by atoms with E-state index in [2.05, 4.69) is 154 Å². The highest BCUT2D eigenvalue weighted by atomic mass is 31.6. The monoisotopic (exact) mass is 516 g/mol. The third-order valence-corrected chi connectivity index (χ3v) is 27.1. The molecule has 3 heteroatoms. The van der Waals surface area contributed by atoms with Crippen LogP contribution in [0.4, 0.5) is 0 Å². The van der Waals surface area contributed by atoms with Crippen molar-refractivity contribution < 1.29 is 0 Å². The second-order valence-electron chi connectivity index (χ2n) is 9.60. The van der Waals surface area contributed by atoms with Gasteiger partial charge in [-0.1, -0.05) is 167 Å². The van der Waals surface area contributed by atoms with Crippen LogP contribution >= 0.6 is 7.02 Å². The largest absolute Gasteiger partial charge is 0.129 e. The second-order valence-corrected chi connectivity index (χ2v) is 23.4. The maximum absolute atomic E-state index is 2.42. The van der Waals surface area contributed by atoms with Crippen LogP contribution in [-0.2, 0) is 0 Å². The lowest BCUT2D eigenvalue weighted by atomic mass is 10.1. The van der Waals surface area contributed by atoms with Gasteiger partial charge in [0.25, 0.3) is 0 Å². The van der Waals surface area contributed by atoms with E-state index in [4.69, 9.17) is 0 Å². The molecule has 0 bridgehead atoms. The first-order valence-corrected chi connectivity index (χ1v) is 19.6. The Morgan fingerprint density at radius 1 is 0.417 bits per heavy atom. The summed E-state index contributed by atoms with van der Waals surface area (Å²) in [5, 5.41) is 7.86. The van der Waals surface area contributed by atoms with Crippen LogP contribution in [0.3, 0.4) is 0 Å². The quantitative estimate of drug-likeness (QED) is 0.215. The van der Waals surface area contributed by atoms with E-state index in [0.717, 1.165) is 0 Å². The number of hydrogen-bond acceptors (Lipinski definition) is 0. The number of hydrogen-bond donors (Lipinski definition) is 0. The van der Waals surface area contributed by atoms with E-state index < -0.39 is 23.9 Å². The molecular formula is C33H33PSi2. The summed E-state index contributed by atoms with van der Waals surface area (Å²) < 4.78 is 0. The summed E-state index contributed by atoms with van der Waals surface area (Å²) in [5.41, 5.74) is 4.29. The number of aryl methyl sites for hydroxylation is 3. The Bertz CT molecular complexity index is 1220. The van der Waals surface area contributed by atoms with Crippen molar-refractivity contribution in [3.63, 3.8) is 0 Å². The molecule has 0 saturated heterocycles. The molecule has 0 unspecified atom stereocenters. The molecule has 0 N–H and O–H groups in total. The van der Waals surface area contributed by atoms with E-state index in [1.165, 1.54) is 16.7 Å². The van der Waals surface area contributed by atoms with Crippen molar-refractivity contribution >= 4 is 50.0 Å². The molecule has 0 atom stereocenters. The highest BCUT2D eigenvalue weighted by molar-refractivity contribution is 8.21. The van der Waals surface area contributed by atoms with Gasteiger partial charge in [0.1, 0.15) is 16.9 Å². The molecule has 5 rings (SSSR count). The molecule has 0 aliphatic carbocycles. The zero-order valence-electron chi connectivity index (χ0n) is 21.3. The Morgan fingerprint density at radius 3 is 0.972 bits per heavy atom. The van der Waals surface area contributed by atoms with Crippen LogP contribution in [0.1, 0.15) is 16.7 Å². The van der Waals surface area contributed by atoms with Gasteiger partial charge in [-0.3, -0.25) is 0 Å². The molecule has 0 radical (unpaired) electrons. The lowest BCUT2D eigenvalue weighted by Gasteiger charge is -2.37. The van der Waals surface area contributed by atoms with E-state index >= 15 is 0 Å². The molecular weight excluding hydrogens is 484 g/mol. The summed E-state index contributed by atoms with van der Waals surface area (Å²) in [7, 11) is -3.73. The highest BCUT2D eigenvalue weighted by Crippen LogP contribution is 2.42. The predicted molar refractivity (Wildman–Crippen MR) is 166 cm³/mol. The average molecular weight is 517 g/mol. The van der Waals surface area contributed by atoms with Crippen LogP contribution in [0.25, 0.3) is 0 Å². The van der Waals surface area contributed by atoms with E-state index in [1.54, 1.807) is 26.1 Å². The summed E-state index contributed by atoms with van der Waals surface area (Å²) >= 11 is 0. The summed E-state index contributed by atoms with van der Waals surface area (Å²) in [4.78, 5) is 0. The van der Waals surface area contributed by atoms with Gasteiger partial charge in [0, 0.05) is 0 Å². The topological polar surface area (TPSA) is 0 Å². The number of benzene rings is 5. The predicted octanol–water partition coefficient (Wildman–Crippen LogP) is 4.80. The summed E-state index contributed by atoms with van der Waals surface area (Å²) in [5.74, 6) is 0. The van der Waals surface area contributed by atoms with Gasteiger partial charge in [0.05, 0.1) is 0 Å². The second kappa shape index (κ2) is 11.3. The third kappa shape index (κ3) is 5.22. The average Bonchev–Trinajstić information content (AvgIpc) is 2.91. The lowest BCUT2D eigenvalue weighted by molar-refractivity contribution is 1.36. The zero-order valence-corrected chi connectivity index (χ0v) is 24.5. The summed E-state index contributed by atoms with van der Waals surface area (Å²) in [6, 6.07) is 50.6. The lowest BCUT2D eigenvalue weighted by Crippen LogP contribution is -2.53. The van der Waals surface area contributed by atoms with E-state index in [1.807, 2.05) is 0 Å². The molecule has 178 valence electrons. The van der Waals surface area contributed by atoms with Crippen LogP contribution in [0.5, 0.6) is 0 Å². The van der Waals surface area contributed by atoms with Gasteiger partial charge < -0.3 is 0 Å². The molecule has 0 amide bonds. The fraction of sp³-hybridized carbons (Fsp3) is 0.0909. The smallest absolute Gasteiger partial charge is 0.0854 e. The van der Waals surface area contributed by atoms with Crippen LogP contribution in [0, 0.1) is 20.8 Å². The third-order valence-electron chi connectivity index (χ3n) is 6.91. The van der Waals surface area contributed by atoms with Gasteiger partial charge in [0.2, 0.25) is 0 Å². The van der Waals surface area contributed by atoms with Crippen molar-refractivity contribution in [3.8, 4) is 0 Å². The first kappa shape index (κ1) is 24.6. The zero-order chi connectivity index (χ0) is 24.9. The van der Waals surface area contributed by atoms with Crippen molar-refractivity contribution in [3.05, 3.63) is 150 Å². The van der Waals surface area contributed by atoms with Crippen molar-refractivity contribution in [1.29, 1.82) is 0 Å². The minimum absolute atomic E-state index is 0.464. The molecule has 0 heterocycles. The summed E-state index contributed by atoms with van der Waals surface area (Å²) in [6.45, 7) is 6.94. The molecule has 36 heavy (non-hydrogen) atoms. The Morgan fingerprint density at radius 2 is 0.694 bits per heavy atom. The Hall–Kier alpha value is -3.04. The molecule has 0 nitrogen and oxygen atoms in total. The fourth-order valence-electron chi connectivity index (χ4n) is 5.56. The molecule has 5 aromatic carbocycles. The van der Waals surface area contributed by atoms with Crippen molar-refractivity contribution in [2.75, 3.05) is 0 Å². The van der Waals surface area contributed by atoms with Crippen LogP contribution < -0.4 is 26.1 Å². The van der Waals surface area contributed by atoms with E-state index in [9.17, 15) is 0 Å². The SMILES string of the molecule is Cc1cc(C)c(P([SiH](c2ccccc2)c2ccccc2)[SiH](c2ccccc2)c2ccccc2)c(C)c1. The molecule has 5 aromatic rings. The van der Waals surface area contributed by atoms with Crippen molar-refractivity contribution in [2.24, 2.45) is 0 Å². The minimum atomic E-state index is -1.63. The van der Waals surface area contributed by atoms with Gasteiger partial charge in [-0.25, -0.2) is 0 Å². The maximum atomic E-state index is 2.42. The van der Waals surface area contributed by atoms with Gasteiger partial charge in [-0.05, 0) is 37.2 Å². The first-order valence-electron chi connectivity index (χ1n) is 12.7. The van der Waals surface area contributed by atoms with Crippen LogP contribution in [0.2, 0.25) is 0 Å². The molecule has 0 fully saturated rings. The highest BCUT2D eigenvalue weighted by Gasteiger charge is 2.38. The standard InChI is InChI=1S/C33H33PSi2/c1-26-24-27(2)33(28(3)25-26)34(35(29-16-8-4-9-17-29)30-18-10-5-11-19-30)36(31-20-12-6-13-21-31)32-22-14-7-15-23-32/h4-25,35-36H,1-3H3. The van der Waals surface area contributed by atoms with Gasteiger partial charge in [-0.2, -0.15) is 0 Å². The fourth-order valence-corrected chi connectivity index (χ4v) is 31.4. The molecule has 0 spiro atoms. The Kier molecular flexibility index (Phi) is 7.77. The van der Waals surface area contributed by atoms with Crippen molar-refractivity contribution in [1.82, 2.24) is 0 Å².